The molecule has 1 spiro atoms. The Bertz CT molecular complexity index is 675. The highest BCUT2D eigenvalue weighted by molar-refractivity contribution is 7.88. The van der Waals surface area contributed by atoms with Crippen LogP contribution in [0.2, 0.25) is 5.02 Å². The lowest BCUT2D eigenvalue weighted by atomic mass is 9.88. The number of benzene rings is 1. The van der Waals surface area contributed by atoms with Gasteiger partial charge in [-0.2, -0.15) is 4.31 Å². The van der Waals surface area contributed by atoms with Crippen molar-refractivity contribution in [3.63, 3.8) is 0 Å². The van der Waals surface area contributed by atoms with Crippen molar-refractivity contribution in [2.75, 3.05) is 13.1 Å². The summed E-state index contributed by atoms with van der Waals surface area (Å²) >= 11 is 5.83. The standard InChI is InChI=1S/C15H19ClN2O3S/c16-13-5-3-12(4-6-13)11-22(20,21)18-10-2-8-15(18)7-1-9-17-14(15)19/h3-6H,1-2,7-11H2,(H,17,19). The maximum Gasteiger partial charge on any atom is 0.241 e. The van der Waals surface area contributed by atoms with Crippen LogP contribution in [0.15, 0.2) is 24.3 Å². The molecule has 1 unspecified atom stereocenters. The zero-order valence-electron chi connectivity index (χ0n) is 12.2. The van der Waals surface area contributed by atoms with E-state index in [-0.39, 0.29) is 11.7 Å². The lowest BCUT2D eigenvalue weighted by Crippen LogP contribution is -2.60. The summed E-state index contributed by atoms with van der Waals surface area (Å²) in [4.78, 5) is 12.3. The number of halogens is 1. The topological polar surface area (TPSA) is 66.5 Å². The van der Waals surface area contributed by atoms with E-state index >= 15 is 0 Å². The Morgan fingerprint density at radius 3 is 2.55 bits per heavy atom. The molecule has 2 heterocycles. The molecule has 1 atom stereocenters. The molecule has 2 aliphatic heterocycles. The van der Waals surface area contributed by atoms with Gasteiger partial charge in [0.1, 0.15) is 5.54 Å². The van der Waals surface area contributed by atoms with Crippen molar-refractivity contribution in [1.82, 2.24) is 9.62 Å². The normalized spacial score (nSPS) is 26.3. The van der Waals surface area contributed by atoms with E-state index in [1.165, 1.54) is 4.31 Å². The molecular weight excluding hydrogens is 324 g/mol. The van der Waals surface area contributed by atoms with E-state index in [9.17, 15) is 13.2 Å². The predicted molar refractivity (Wildman–Crippen MR) is 85.0 cm³/mol. The number of hydrogen-bond donors (Lipinski definition) is 1. The number of nitrogens with zero attached hydrogens (tertiary/aromatic N) is 1. The van der Waals surface area contributed by atoms with Crippen LogP contribution in [-0.2, 0) is 20.6 Å². The summed E-state index contributed by atoms with van der Waals surface area (Å²) in [5.41, 5.74) is -0.188. The third-order valence-electron chi connectivity index (χ3n) is 4.50. The Balaban J connectivity index is 1.87. The van der Waals surface area contributed by atoms with E-state index in [1.807, 2.05) is 0 Å². The van der Waals surface area contributed by atoms with E-state index < -0.39 is 15.6 Å². The van der Waals surface area contributed by atoms with Gasteiger partial charge in [0.15, 0.2) is 0 Å². The SMILES string of the molecule is O=C1NCCCC12CCCN2S(=O)(=O)Cc1ccc(Cl)cc1. The van der Waals surface area contributed by atoms with Crippen LogP contribution in [0.4, 0.5) is 0 Å². The van der Waals surface area contributed by atoms with E-state index in [0.717, 1.165) is 12.8 Å². The summed E-state index contributed by atoms with van der Waals surface area (Å²) in [6.45, 7) is 1.05. The lowest BCUT2D eigenvalue weighted by Gasteiger charge is -2.39. The lowest BCUT2D eigenvalue weighted by molar-refractivity contribution is -0.131. The maximum atomic E-state index is 12.8. The van der Waals surface area contributed by atoms with Gasteiger partial charge >= 0.3 is 0 Å². The molecule has 1 aromatic rings. The van der Waals surface area contributed by atoms with Gasteiger partial charge in [-0.25, -0.2) is 8.42 Å². The molecule has 1 N–H and O–H groups in total. The van der Waals surface area contributed by atoms with Crippen molar-refractivity contribution >= 4 is 27.5 Å². The van der Waals surface area contributed by atoms with Crippen LogP contribution < -0.4 is 5.32 Å². The van der Waals surface area contributed by atoms with Crippen molar-refractivity contribution in [1.29, 1.82) is 0 Å². The molecule has 0 bridgehead atoms. The first-order valence-corrected chi connectivity index (χ1v) is 9.46. The molecular formula is C15H19ClN2O3S. The fourth-order valence-electron chi connectivity index (χ4n) is 3.47. The second kappa shape index (κ2) is 5.83. The number of piperidine rings is 1. The molecule has 120 valence electrons. The molecule has 0 radical (unpaired) electrons. The maximum absolute atomic E-state index is 12.8. The van der Waals surface area contributed by atoms with Crippen molar-refractivity contribution in [3.8, 4) is 0 Å². The van der Waals surface area contributed by atoms with Gasteiger partial charge < -0.3 is 5.32 Å². The molecule has 2 aliphatic rings. The Hall–Kier alpha value is -1.11. The largest absolute Gasteiger partial charge is 0.354 e. The van der Waals surface area contributed by atoms with Crippen LogP contribution in [0.3, 0.4) is 0 Å². The fraction of sp³-hybridized carbons (Fsp3) is 0.533. The van der Waals surface area contributed by atoms with E-state index in [1.54, 1.807) is 24.3 Å². The second-order valence-electron chi connectivity index (χ2n) is 5.95. The number of sulfonamides is 1. The monoisotopic (exact) mass is 342 g/mol. The average Bonchev–Trinajstić information content (AvgIpc) is 2.90. The molecule has 22 heavy (non-hydrogen) atoms. The van der Waals surface area contributed by atoms with Crippen molar-refractivity contribution in [3.05, 3.63) is 34.9 Å². The molecule has 0 saturated carbocycles. The van der Waals surface area contributed by atoms with Gasteiger partial charge in [-0.15, -0.1) is 0 Å². The third kappa shape index (κ3) is 2.75. The summed E-state index contributed by atoms with van der Waals surface area (Å²) in [6, 6.07) is 6.78. The summed E-state index contributed by atoms with van der Waals surface area (Å²) in [5.74, 6) is -0.241. The predicted octanol–water partition coefficient (Wildman–Crippen LogP) is 1.91. The zero-order valence-corrected chi connectivity index (χ0v) is 13.8. The van der Waals surface area contributed by atoms with Gasteiger partial charge in [-0.1, -0.05) is 23.7 Å². The Labute approximate surface area is 135 Å². The molecule has 5 nitrogen and oxygen atoms in total. The zero-order chi connectivity index (χ0) is 15.8. The minimum atomic E-state index is -3.54. The summed E-state index contributed by atoms with van der Waals surface area (Å²) in [7, 11) is -3.54. The number of hydrogen-bond acceptors (Lipinski definition) is 3. The van der Waals surface area contributed by atoms with Gasteiger partial charge in [0.25, 0.3) is 0 Å². The number of amides is 1. The van der Waals surface area contributed by atoms with Crippen LogP contribution in [0.1, 0.15) is 31.2 Å². The Kier molecular flexibility index (Phi) is 4.18. The molecule has 0 aromatic heterocycles. The molecule has 7 heteroatoms. The second-order valence-corrected chi connectivity index (χ2v) is 8.28. The van der Waals surface area contributed by atoms with E-state index in [0.29, 0.717) is 36.5 Å². The van der Waals surface area contributed by atoms with Crippen LogP contribution in [0.25, 0.3) is 0 Å². The first-order chi connectivity index (χ1) is 10.4. The van der Waals surface area contributed by atoms with Gasteiger partial charge in [0.2, 0.25) is 15.9 Å². The molecule has 0 aliphatic carbocycles. The number of nitrogens with one attached hydrogen (secondary N) is 1. The highest BCUT2D eigenvalue weighted by Gasteiger charge is 2.52. The Morgan fingerprint density at radius 1 is 1.18 bits per heavy atom. The molecule has 3 rings (SSSR count). The molecule has 1 amide bonds. The minimum absolute atomic E-state index is 0.0980. The first-order valence-electron chi connectivity index (χ1n) is 7.47. The first kappa shape index (κ1) is 15.8. The summed E-state index contributed by atoms with van der Waals surface area (Å²) in [6.07, 6.45) is 2.77. The van der Waals surface area contributed by atoms with E-state index in [4.69, 9.17) is 11.6 Å². The van der Waals surface area contributed by atoms with Crippen LogP contribution >= 0.6 is 11.6 Å². The summed E-state index contributed by atoms with van der Waals surface area (Å²) in [5, 5.41) is 3.40. The quantitative estimate of drug-likeness (QED) is 0.912. The third-order valence-corrected chi connectivity index (χ3v) is 6.66. The van der Waals surface area contributed by atoms with Gasteiger partial charge in [0, 0.05) is 18.1 Å². The van der Waals surface area contributed by atoms with Gasteiger partial charge in [-0.05, 0) is 43.4 Å². The highest BCUT2D eigenvalue weighted by atomic mass is 35.5. The molecule has 2 fully saturated rings. The number of carbonyl (C=O) groups excluding carboxylic acids is 1. The number of carbonyl (C=O) groups is 1. The molecule has 1 aromatic carbocycles. The average molecular weight is 343 g/mol. The van der Waals surface area contributed by atoms with Gasteiger partial charge in [-0.3, -0.25) is 4.79 Å². The fourth-order valence-corrected chi connectivity index (χ4v) is 5.57. The van der Waals surface area contributed by atoms with Crippen LogP contribution in [0.5, 0.6) is 0 Å². The summed E-state index contributed by atoms with van der Waals surface area (Å²) < 4.78 is 27.1. The van der Waals surface area contributed by atoms with Gasteiger partial charge in [0.05, 0.1) is 5.75 Å². The Morgan fingerprint density at radius 2 is 1.86 bits per heavy atom. The van der Waals surface area contributed by atoms with Crippen molar-refractivity contribution in [2.24, 2.45) is 0 Å². The van der Waals surface area contributed by atoms with Crippen molar-refractivity contribution in [2.45, 2.75) is 37.0 Å². The van der Waals surface area contributed by atoms with Crippen LogP contribution in [-0.4, -0.2) is 37.3 Å². The molecule has 2 saturated heterocycles. The van der Waals surface area contributed by atoms with Crippen molar-refractivity contribution < 1.29 is 13.2 Å². The minimum Gasteiger partial charge on any atom is -0.354 e. The van der Waals surface area contributed by atoms with E-state index in [2.05, 4.69) is 5.32 Å². The smallest absolute Gasteiger partial charge is 0.241 e. The highest BCUT2D eigenvalue weighted by Crippen LogP contribution is 2.38. The number of rotatable bonds is 3. The van der Waals surface area contributed by atoms with Crippen LogP contribution in [0, 0.1) is 0 Å².